The van der Waals surface area contributed by atoms with Crippen LogP contribution in [0.5, 0.6) is 0 Å². The number of thioether (sulfide) groups is 1. The van der Waals surface area contributed by atoms with Crippen LogP contribution >= 0.6 is 11.8 Å². The molecule has 0 N–H and O–H groups in total. The molecule has 0 amide bonds. The summed E-state index contributed by atoms with van der Waals surface area (Å²) in [5.74, 6) is 0.958. The molecule has 26 heavy (non-hydrogen) atoms. The summed E-state index contributed by atoms with van der Waals surface area (Å²) in [5.41, 5.74) is 2.28. The van der Waals surface area contributed by atoms with Gasteiger partial charge in [0, 0.05) is 29.9 Å². The van der Waals surface area contributed by atoms with Crippen LogP contribution in [0.4, 0.5) is 0 Å². The molecule has 6 heteroatoms. The Morgan fingerprint density at radius 3 is 2.96 bits per heavy atom. The highest BCUT2D eigenvalue weighted by molar-refractivity contribution is 8.14. The van der Waals surface area contributed by atoms with Crippen LogP contribution in [0.2, 0.25) is 0 Å². The van der Waals surface area contributed by atoms with Crippen molar-refractivity contribution in [2.24, 2.45) is 4.99 Å². The van der Waals surface area contributed by atoms with E-state index in [9.17, 15) is 0 Å². The number of rotatable bonds is 4. The van der Waals surface area contributed by atoms with Crippen LogP contribution in [-0.2, 0) is 6.54 Å². The van der Waals surface area contributed by atoms with Crippen molar-refractivity contribution in [1.29, 1.82) is 0 Å². The predicted octanol–water partition coefficient (Wildman–Crippen LogP) is 4.11. The van der Waals surface area contributed by atoms with E-state index in [0.29, 0.717) is 5.25 Å². The summed E-state index contributed by atoms with van der Waals surface area (Å²) >= 11 is 1.87. The molecule has 0 saturated carbocycles. The molecule has 3 aromatic heterocycles. The summed E-state index contributed by atoms with van der Waals surface area (Å²) in [6.07, 6.45) is 5.70. The fourth-order valence-corrected chi connectivity index (χ4v) is 4.94. The molecule has 0 unspecified atom stereocenters. The standard InChI is InChI=1S/C20H20N4OS/c1-14-12-24-19(17-8-4-10-23(17)13-15-6-5-11-25-15)18(22-20(24)26-14)16-7-2-3-9-21-16/h2-11,14,18-19H,12-13H2,1H3/t14-,18-,19-/m0/s1. The second-order valence-corrected chi connectivity index (χ2v) is 8.18. The minimum absolute atomic E-state index is 0.0245. The summed E-state index contributed by atoms with van der Waals surface area (Å²) in [4.78, 5) is 12.1. The van der Waals surface area contributed by atoms with Crippen molar-refractivity contribution in [3.63, 3.8) is 0 Å². The summed E-state index contributed by atoms with van der Waals surface area (Å²) in [5, 5.41) is 1.71. The van der Waals surface area contributed by atoms with Crippen molar-refractivity contribution in [2.45, 2.75) is 30.8 Å². The van der Waals surface area contributed by atoms with Crippen molar-refractivity contribution in [2.75, 3.05) is 6.54 Å². The predicted molar refractivity (Wildman–Crippen MR) is 103 cm³/mol. The molecule has 0 bridgehead atoms. The number of amidine groups is 1. The normalized spacial score (nSPS) is 24.7. The fraction of sp³-hybridized carbons (Fsp3) is 0.300. The first-order chi connectivity index (χ1) is 12.8. The van der Waals surface area contributed by atoms with Gasteiger partial charge in [0.15, 0.2) is 5.17 Å². The molecule has 0 spiro atoms. The van der Waals surface area contributed by atoms with Gasteiger partial charge in [0.1, 0.15) is 11.8 Å². The number of fused-ring (bicyclic) bond motifs is 1. The highest BCUT2D eigenvalue weighted by Crippen LogP contribution is 2.47. The highest BCUT2D eigenvalue weighted by Gasteiger charge is 2.44. The number of aromatic nitrogens is 2. The largest absolute Gasteiger partial charge is 0.467 e. The van der Waals surface area contributed by atoms with Crippen LogP contribution in [0.15, 0.2) is 70.5 Å². The molecule has 1 fully saturated rings. The van der Waals surface area contributed by atoms with E-state index in [0.717, 1.165) is 29.7 Å². The quantitative estimate of drug-likeness (QED) is 0.699. The zero-order valence-electron chi connectivity index (χ0n) is 14.5. The second-order valence-electron chi connectivity index (χ2n) is 6.78. The lowest BCUT2D eigenvalue weighted by Crippen LogP contribution is -2.30. The molecule has 0 aromatic carbocycles. The van der Waals surface area contributed by atoms with E-state index < -0.39 is 0 Å². The molecule has 132 valence electrons. The van der Waals surface area contributed by atoms with Crippen molar-refractivity contribution in [1.82, 2.24) is 14.5 Å². The zero-order valence-corrected chi connectivity index (χ0v) is 15.3. The second kappa shape index (κ2) is 6.36. The van der Waals surface area contributed by atoms with Crippen LogP contribution in [0.25, 0.3) is 0 Å². The van der Waals surface area contributed by atoms with E-state index >= 15 is 0 Å². The van der Waals surface area contributed by atoms with Gasteiger partial charge in [-0.2, -0.15) is 0 Å². The van der Waals surface area contributed by atoms with Crippen LogP contribution in [0.3, 0.4) is 0 Å². The Hall–Kier alpha value is -2.47. The van der Waals surface area contributed by atoms with Crippen LogP contribution in [0, 0.1) is 0 Å². The van der Waals surface area contributed by atoms with E-state index in [1.165, 1.54) is 5.69 Å². The van der Waals surface area contributed by atoms with Gasteiger partial charge < -0.3 is 13.9 Å². The van der Waals surface area contributed by atoms with E-state index in [-0.39, 0.29) is 12.1 Å². The van der Waals surface area contributed by atoms with Crippen molar-refractivity contribution < 1.29 is 4.42 Å². The number of pyridine rings is 1. The maximum atomic E-state index is 5.56. The van der Waals surface area contributed by atoms with Gasteiger partial charge in [-0.25, -0.2) is 0 Å². The van der Waals surface area contributed by atoms with Gasteiger partial charge in [0.2, 0.25) is 0 Å². The van der Waals surface area contributed by atoms with E-state index in [1.54, 1.807) is 6.26 Å². The van der Waals surface area contributed by atoms with Gasteiger partial charge in [0.25, 0.3) is 0 Å². The van der Waals surface area contributed by atoms with Gasteiger partial charge in [-0.3, -0.25) is 9.98 Å². The third-order valence-corrected chi connectivity index (χ3v) is 6.06. The van der Waals surface area contributed by atoms with Crippen LogP contribution in [-0.4, -0.2) is 31.4 Å². The topological polar surface area (TPSA) is 46.6 Å². The maximum absolute atomic E-state index is 5.56. The van der Waals surface area contributed by atoms with E-state index in [2.05, 4.69) is 45.8 Å². The maximum Gasteiger partial charge on any atom is 0.160 e. The molecular weight excluding hydrogens is 344 g/mol. The summed E-state index contributed by atoms with van der Waals surface area (Å²) < 4.78 is 7.83. The molecule has 5 heterocycles. The molecule has 5 rings (SSSR count). The molecule has 5 nitrogen and oxygen atoms in total. The molecule has 1 saturated heterocycles. The SMILES string of the molecule is C[C@H]1CN2C(=N[C@@H](c3ccccn3)[C@@H]2c2cccn2Cc2ccco2)S1. The van der Waals surface area contributed by atoms with Gasteiger partial charge in [-0.1, -0.05) is 24.8 Å². The van der Waals surface area contributed by atoms with Crippen molar-refractivity contribution in [3.8, 4) is 0 Å². The molecule has 2 aliphatic rings. The zero-order chi connectivity index (χ0) is 17.5. The molecular formula is C20H20N4OS. The Balaban J connectivity index is 1.55. The van der Waals surface area contributed by atoms with Crippen molar-refractivity contribution in [3.05, 3.63) is 78.3 Å². The van der Waals surface area contributed by atoms with Crippen LogP contribution in [0.1, 0.15) is 36.2 Å². The van der Waals surface area contributed by atoms with E-state index in [4.69, 9.17) is 9.41 Å². The first-order valence-electron chi connectivity index (χ1n) is 8.89. The first kappa shape index (κ1) is 15.8. The monoisotopic (exact) mass is 364 g/mol. The molecule has 3 atom stereocenters. The Morgan fingerprint density at radius 2 is 2.15 bits per heavy atom. The Labute approximate surface area is 156 Å². The lowest BCUT2D eigenvalue weighted by Gasteiger charge is -2.28. The average Bonchev–Trinajstić information content (AvgIpc) is 3.41. The minimum Gasteiger partial charge on any atom is -0.467 e. The van der Waals surface area contributed by atoms with Gasteiger partial charge >= 0.3 is 0 Å². The smallest absolute Gasteiger partial charge is 0.160 e. The summed E-state index contributed by atoms with van der Waals surface area (Å²) in [6, 6.07) is 14.5. The Kier molecular flexibility index (Phi) is 3.85. The molecule has 2 aliphatic heterocycles. The third-order valence-electron chi connectivity index (χ3n) is 4.96. The minimum atomic E-state index is 0.0245. The summed E-state index contributed by atoms with van der Waals surface area (Å²) in [7, 11) is 0. The number of hydrogen-bond donors (Lipinski definition) is 0. The number of furan rings is 1. The molecule has 0 radical (unpaired) electrons. The first-order valence-corrected chi connectivity index (χ1v) is 9.77. The number of nitrogens with zero attached hydrogens (tertiary/aromatic N) is 4. The summed E-state index contributed by atoms with van der Waals surface area (Å²) in [6.45, 7) is 4.01. The Bertz CT molecular complexity index is 918. The lowest BCUT2D eigenvalue weighted by molar-refractivity contribution is 0.306. The number of hydrogen-bond acceptors (Lipinski definition) is 5. The number of aliphatic imine (C=N–C) groups is 1. The fourth-order valence-electron chi connectivity index (χ4n) is 3.85. The van der Waals surface area contributed by atoms with Gasteiger partial charge in [0.05, 0.1) is 24.5 Å². The highest BCUT2D eigenvalue weighted by atomic mass is 32.2. The Morgan fingerprint density at radius 1 is 1.19 bits per heavy atom. The average molecular weight is 364 g/mol. The van der Waals surface area contributed by atoms with E-state index in [1.807, 2.05) is 42.2 Å². The van der Waals surface area contributed by atoms with Gasteiger partial charge in [-0.15, -0.1) is 0 Å². The van der Waals surface area contributed by atoms with Crippen molar-refractivity contribution >= 4 is 16.9 Å². The molecule has 0 aliphatic carbocycles. The third kappa shape index (κ3) is 2.65. The van der Waals surface area contributed by atoms with Crippen LogP contribution < -0.4 is 0 Å². The van der Waals surface area contributed by atoms with Gasteiger partial charge in [-0.05, 0) is 36.4 Å². The lowest BCUT2D eigenvalue weighted by atomic mass is 10.0. The molecule has 3 aromatic rings.